The number of thioether (sulfide) groups is 1. The Hall–Kier alpha value is -5.09. The molecular weight excluding hydrogens is 545 g/mol. The van der Waals surface area contributed by atoms with Crippen LogP contribution in [0.25, 0.3) is 6.08 Å². The van der Waals surface area contributed by atoms with Gasteiger partial charge in [-0.05, 0) is 60.7 Å². The number of fused-ring (bicyclic) bond motifs is 1. The number of carbonyl (C=O) groups excluding carboxylic acids is 3. The van der Waals surface area contributed by atoms with E-state index in [1.165, 1.54) is 36.0 Å². The molecule has 41 heavy (non-hydrogen) atoms. The van der Waals surface area contributed by atoms with Gasteiger partial charge in [0.05, 0.1) is 5.75 Å². The van der Waals surface area contributed by atoms with E-state index in [4.69, 9.17) is 9.47 Å². The maximum atomic E-state index is 14.3. The quantitative estimate of drug-likeness (QED) is 0.177. The lowest BCUT2D eigenvalue weighted by Gasteiger charge is -2.12. The van der Waals surface area contributed by atoms with Gasteiger partial charge >= 0.3 is 0 Å². The molecule has 0 saturated carbocycles. The standard InChI is InChI=1S/C31H24FN3O5S/c32-25-9-5-4-8-21(25)16-26(35-30(37)20-6-2-1-3-7-20)31(38)34-22-10-13-24(14-11-22)41-18-29(36)33-23-12-15-27-28(17-23)40-19-39-27/h1-17H,18-19H2,(H,33,36)(H,34,38)(H,35,37)/b26-16-. The summed E-state index contributed by atoms with van der Waals surface area (Å²) in [5.41, 5.74) is 1.44. The lowest BCUT2D eigenvalue weighted by molar-refractivity contribution is -0.114. The Bertz CT molecular complexity index is 1610. The molecular formula is C31H24FN3O5S. The smallest absolute Gasteiger partial charge is 0.272 e. The van der Waals surface area contributed by atoms with Gasteiger partial charge in [0.25, 0.3) is 11.8 Å². The molecule has 0 aromatic heterocycles. The third-order valence-electron chi connectivity index (χ3n) is 5.87. The number of halogens is 1. The van der Waals surface area contributed by atoms with E-state index in [0.717, 1.165) is 4.90 Å². The predicted molar refractivity (Wildman–Crippen MR) is 155 cm³/mol. The van der Waals surface area contributed by atoms with Crippen molar-refractivity contribution in [1.82, 2.24) is 5.32 Å². The van der Waals surface area contributed by atoms with Crippen molar-refractivity contribution in [1.29, 1.82) is 0 Å². The van der Waals surface area contributed by atoms with Crippen LogP contribution in [-0.2, 0) is 9.59 Å². The average molecular weight is 570 g/mol. The average Bonchev–Trinajstić information content (AvgIpc) is 3.46. The van der Waals surface area contributed by atoms with Crippen LogP contribution in [0.4, 0.5) is 15.8 Å². The summed E-state index contributed by atoms with van der Waals surface area (Å²) >= 11 is 1.33. The van der Waals surface area contributed by atoms with Crippen molar-refractivity contribution >= 4 is 46.9 Å². The third-order valence-corrected chi connectivity index (χ3v) is 6.88. The molecule has 10 heteroatoms. The molecule has 0 fully saturated rings. The fraction of sp³-hybridized carbons (Fsp3) is 0.0645. The van der Waals surface area contributed by atoms with Gasteiger partial charge in [0, 0.05) is 33.5 Å². The van der Waals surface area contributed by atoms with Gasteiger partial charge in [0.1, 0.15) is 11.5 Å². The molecule has 5 rings (SSSR count). The first-order valence-corrected chi connectivity index (χ1v) is 13.5. The second-order valence-corrected chi connectivity index (χ2v) is 9.83. The minimum absolute atomic E-state index is 0.123. The Kier molecular flexibility index (Phi) is 8.61. The van der Waals surface area contributed by atoms with Gasteiger partial charge in [-0.2, -0.15) is 0 Å². The van der Waals surface area contributed by atoms with Gasteiger partial charge in [-0.15, -0.1) is 11.8 Å². The highest BCUT2D eigenvalue weighted by Crippen LogP contribution is 2.34. The highest BCUT2D eigenvalue weighted by molar-refractivity contribution is 8.00. The van der Waals surface area contributed by atoms with E-state index in [1.807, 2.05) is 0 Å². The molecule has 8 nitrogen and oxygen atoms in total. The molecule has 0 bridgehead atoms. The number of anilines is 2. The summed E-state index contributed by atoms with van der Waals surface area (Å²) in [4.78, 5) is 39.1. The highest BCUT2D eigenvalue weighted by Gasteiger charge is 2.17. The number of rotatable bonds is 9. The minimum atomic E-state index is -0.624. The Balaban J connectivity index is 1.21. The van der Waals surface area contributed by atoms with Gasteiger partial charge in [0.2, 0.25) is 12.7 Å². The second-order valence-electron chi connectivity index (χ2n) is 8.78. The number of benzene rings is 4. The van der Waals surface area contributed by atoms with Crippen molar-refractivity contribution in [2.24, 2.45) is 0 Å². The van der Waals surface area contributed by atoms with Crippen molar-refractivity contribution in [3.05, 3.63) is 120 Å². The number of carbonyl (C=O) groups is 3. The second kappa shape index (κ2) is 12.8. The zero-order chi connectivity index (χ0) is 28.6. The summed E-state index contributed by atoms with van der Waals surface area (Å²) in [5.74, 6) is -0.465. The van der Waals surface area contributed by atoms with Crippen molar-refractivity contribution in [3.8, 4) is 11.5 Å². The van der Waals surface area contributed by atoms with Crippen LogP contribution in [0.15, 0.2) is 108 Å². The van der Waals surface area contributed by atoms with E-state index >= 15 is 0 Å². The lowest BCUT2D eigenvalue weighted by atomic mass is 10.1. The fourth-order valence-electron chi connectivity index (χ4n) is 3.84. The zero-order valence-corrected chi connectivity index (χ0v) is 22.4. The van der Waals surface area contributed by atoms with Gasteiger partial charge in [-0.25, -0.2) is 4.39 Å². The molecule has 206 valence electrons. The molecule has 1 aliphatic heterocycles. The lowest BCUT2D eigenvalue weighted by Crippen LogP contribution is -2.30. The summed E-state index contributed by atoms with van der Waals surface area (Å²) < 4.78 is 24.9. The van der Waals surface area contributed by atoms with Gasteiger partial charge in [0.15, 0.2) is 11.5 Å². The van der Waals surface area contributed by atoms with Crippen LogP contribution in [0.2, 0.25) is 0 Å². The SMILES string of the molecule is O=C(CSc1ccc(NC(=O)/C(=C/c2ccccc2F)NC(=O)c2ccccc2)cc1)Nc1ccc2c(c1)OCO2. The van der Waals surface area contributed by atoms with Gasteiger partial charge in [-0.1, -0.05) is 36.4 Å². The maximum absolute atomic E-state index is 14.3. The number of ether oxygens (including phenoxy) is 2. The highest BCUT2D eigenvalue weighted by atomic mass is 32.2. The molecule has 4 aromatic carbocycles. The van der Waals surface area contributed by atoms with E-state index in [0.29, 0.717) is 28.4 Å². The van der Waals surface area contributed by atoms with E-state index in [1.54, 1.807) is 78.9 Å². The molecule has 0 unspecified atom stereocenters. The normalized spacial score (nSPS) is 12.0. The number of hydrogen-bond acceptors (Lipinski definition) is 6. The minimum Gasteiger partial charge on any atom is -0.454 e. The third kappa shape index (κ3) is 7.31. The Morgan fingerprint density at radius 1 is 0.805 bits per heavy atom. The van der Waals surface area contributed by atoms with E-state index in [9.17, 15) is 18.8 Å². The van der Waals surface area contributed by atoms with Crippen LogP contribution in [0.1, 0.15) is 15.9 Å². The first-order valence-electron chi connectivity index (χ1n) is 12.5. The molecule has 4 aromatic rings. The van der Waals surface area contributed by atoms with Crippen molar-refractivity contribution in [2.45, 2.75) is 4.90 Å². The summed E-state index contributed by atoms with van der Waals surface area (Å²) in [7, 11) is 0. The topological polar surface area (TPSA) is 106 Å². The van der Waals surface area contributed by atoms with Gasteiger partial charge < -0.3 is 25.4 Å². The molecule has 3 N–H and O–H groups in total. The molecule has 0 aliphatic carbocycles. The monoisotopic (exact) mass is 569 g/mol. The molecule has 3 amide bonds. The Labute approximate surface area is 239 Å². The van der Waals surface area contributed by atoms with E-state index in [-0.39, 0.29) is 29.7 Å². The Morgan fingerprint density at radius 3 is 2.29 bits per heavy atom. The van der Waals surface area contributed by atoms with Crippen LogP contribution >= 0.6 is 11.8 Å². The number of hydrogen-bond donors (Lipinski definition) is 3. The number of amides is 3. The van der Waals surface area contributed by atoms with E-state index in [2.05, 4.69) is 16.0 Å². The van der Waals surface area contributed by atoms with Crippen LogP contribution < -0.4 is 25.4 Å². The van der Waals surface area contributed by atoms with Crippen molar-refractivity contribution < 1.29 is 28.2 Å². The molecule has 1 aliphatic rings. The maximum Gasteiger partial charge on any atom is 0.272 e. The van der Waals surface area contributed by atoms with Crippen molar-refractivity contribution in [3.63, 3.8) is 0 Å². The molecule has 1 heterocycles. The first-order chi connectivity index (χ1) is 19.9. The predicted octanol–water partition coefficient (Wildman–Crippen LogP) is 5.69. The largest absolute Gasteiger partial charge is 0.454 e. The van der Waals surface area contributed by atoms with E-state index < -0.39 is 17.6 Å². The van der Waals surface area contributed by atoms with Gasteiger partial charge in [-0.3, -0.25) is 14.4 Å². The first kappa shape index (κ1) is 27.5. The summed E-state index contributed by atoms with van der Waals surface area (Å²) in [6.45, 7) is 0.157. The zero-order valence-electron chi connectivity index (χ0n) is 21.6. The van der Waals surface area contributed by atoms with Crippen molar-refractivity contribution in [2.75, 3.05) is 23.2 Å². The Morgan fingerprint density at radius 2 is 1.51 bits per heavy atom. The molecule has 0 atom stereocenters. The van der Waals surface area contributed by atoms with Crippen LogP contribution in [0, 0.1) is 5.82 Å². The van der Waals surface area contributed by atoms with Crippen LogP contribution in [-0.4, -0.2) is 30.3 Å². The fourth-order valence-corrected chi connectivity index (χ4v) is 4.54. The molecule has 0 saturated heterocycles. The van der Waals surface area contributed by atoms with Crippen LogP contribution in [0.3, 0.4) is 0 Å². The molecule has 0 radical (unpaired) electrons. The number of nitrogens with one attached hydrogen (secondary N) is 3. The molecule has 0 spiro atoms. The van der Waals surface area contributed by atoms with Crippen LogP contribution in [0.5, 0.6) is 11.5 Å². The summed E-state index contributed by atoms with van der Waals surface area (Å²) in [5, 5.41) is 8.14. The summed E-state index contributed by atoms with van der Waals surface area (Å²) in [6.07, 6.45) is 1.29. The summed E-state index contributed by atoms with van der Waals surface area (Å²) in [6, 6.07) is 26.4.